The molecular weight excluding hydrogens is 398 g/mol. The molecule has 0 N–H and O–H groups in total. The van der Waals surface area contributed by atoms with Crippen LogP contribution in [0.5, 0.6) is 5.75 Å². The molecule has 0 aromatic heterocycles. The number of allylic oxidation sites excluding steroid dienone is 2. The van der Waals surface area contributed by atoms with Crippen molar-refractivity contribution in [2.24, 2.45) is 0 Å². The number of nitrogens with zero attached hydrogens (tertiary/aromatic N) is 1. The highest BCUT2D eigenvalue weighted by molar-refractivity contribution is 9.10. The molecule has 0 saturated carbocycles. The first-order valence-corrected chi connectivity index (χ1v) is 9.97. The van der Waals surface area contributed by atoms with Crippen LogP contribution in [0.2, 0.25) is 0 Å². The van der Waals surface area contributed by atoms with Crippen molar-refractivity contribution in [2.45, 2.75) is 26.5 Å². The summed E-state index contributed by atoms with van der Waals surface area (Å²) in [6.07, 6.45) is 3.18. The maximum Gasteiger partial charge on any atom is 0.126 e. The summed E-state index contributed by atoms with van der Waals surface area (Å²) in [5.74, 6) is 0.949. The van der Waals surface area contributed by atoms with Gasteiger partial charge in [-0.1, -0.05) is 82.7 Å². The monoisotopic (exact) mass is 419 g/mol. The van der Waals surface area contributed by atoms with Crippen LogP contribution in [0.25, 0.3) is 0 Å². The summed E-state index contributed by atoms with van der Waals surface area (Å²) >= 11 is 3.67. The fraction of sp³-hybridized carbons (Fsp3) is 0.167. The maximum absolute atomic E-state index is 6.22. The smallest absolute Gasteiger partial charge is 0.126 e. The molecule has 0 unspecified atom stereocenters. The lowest BCUT2D eigenvalue weighted by atomic mass is 10.0. The molecule has 0 radical (unpaired) electrons. The molecule has 0 saturated heterocycles. The van der Waals surface area contributed by atoms with Crippen LogP contribution in [0, 0.1) is 0 Å². The van der Waals surface area contributed by atoms with E-state index in [0.29, 0.717) is 6.61 Å². The van der Waals surface area contributed by atoms with E-state index in [1.165, 1.54) is 28.1 Å². The number of benzene rings is 3. The number of halogens is 1. The molecule has 27 heavy (non-hydrogen) atoms. The Morgan fingerprint density at radius 1 is 0.926 bits per heavy atom. The third kappa shape index (κ3) is 4.09. The molecular formula is C24H22BrNO. The van der Waals surface area contributed by atoms with E-state index in [-0.39, 0.29) is 0 Å². The largest absolute Gasteiger partial charge is 0.488 e. The van der Waals surface area contributed by atoms with Crippen molar-refractivity contribution >= 4 is 21.6 Å². The summed E-state index contributed by atoms with van der Waals surface area (Å²) in [7, 11) is 0. The Bertz CT molecular complexity index is 951. The average molecular weight is 420 g/mol. The van der Waals surface area contributed by atoms with E-state index in [9.17, 15) is 0 Å². The highest BCUT2D eigenvalue weighted by atomic mass is 79.9. The maximum atomic E-state index is 6.22. The normalized spacial score (nSPS) is 13.1. The first-order chi connectivity index (χ1) is 13.2. The average Bonchev–Trinajstić information content (AvgIpc) is 2.70. The Morgan fingerprint density at radius 2 is 1.59 bits per heavy atom. The summed E-state index contributed by atoms with van der Waals surface area (Å²) in [5.41, 5.74) is 6.21. The van der Waals surface area contributed by atoms with Gasteiger partial charge in [-0.25, -0.2) is 0 Å². The van der Waals surface area contributed by atoms with Gasteiger partial charge in [0.2, 0.25) is 0 Å². The minimum absolute atomic E-state index is 0.575. The molecule has 1 heterocycles. The Hall–Kier alpha value is -2.52. The molecule has 0 amide bonds. The van der Waals surface area contributed by atoms with Crippen LogP contribution in [0.15, 0.2) is 89.0 Å². The molecule has 0 aliphatic carbocycles. The zero-order valence-electron chi connectivity index (χ0n) is 15.4. The molecule has 2 nitrogen and oxygen atoms in total. The number of hydrogen-bond acceptors (Lipinski definition) is 2. The minimum Gasteiger partial charge on any atom is -0.488 e. The van der Waals surface area contributed by atoms with E-state index in [1.807, 2.05) is 18.2 Å². The molecule has 3 heteroatoms. The summed E-state index contributed by atoms with van der Waals surface area (Å²) in [6.45, 7) is 3.60. The van der Waals surface area contributed by atoms with Gasteiger partial charge < -0.3 is 9.64 Å². The third-order valence-corrected chi connectivity index (χ3v) is 5.35. The highest BCUT2D eigenvalue weighted by Crippen LogP contribution is 2.39. The lowest BCUT2D eigenvalue weighted by molar-refractivity contribution is 0.303. The van der Waals surface area contributed by atoms with E-state index >= 15 is 0 Å². The van der Waals surface area contributed by atoms with Crippen molar-refractivity contribution in [1.29, 1.82) is 0 Å². The quantitative estimate of drug-likeness (QED) is 0.468. The Kier molecular flexibility index (Phi) is 5.30. The second kappa shape index (κ2) is 8.01. The summed E-state index contributed by atoms with van der Waals surface area (Å²) in [5, 5.41) is 0. The molecule has 4 rings (SSSR count). The van der Waals surface area contributed by atoms with Gasteiger partial charge in [0.05, 0.1) is 0 Å². The molecule has 0 bridgehead atoms. The second-order valence-electron chi connectivity index (χ2n) is 6.80. The van der Waals surface area contributed by atoms with E-state index in [0.717, 1.165) is 23.2 Å². The lowest BCUT2D eigenvalue weighted by Gasteiger charge is -2.32. The highest BCUT2D eigenvalue weighted by Gasteiger charge is 2.22. The number of rotatable bonds is 5. The molecule has 0 spiro atoms. The Morgan fingerprint density at radius 3 is 2.30 bits per heavy atom. The fourth-order valence-electron chi connectivity index (χ4n) is 3.43. The molecule has 0 fully saturated rings. The van der Waals surface area contributed by atoms with Crippen molar-refractivity contribution in [2.75, 3.05) is 4.90 Å². The van der Waals surface area contributed by atoms with Gasteiger partial charge in [0.25, 0.3) is 0 Å². The molecule has 1 aliphatic heterocycles. The van der Waals surface area contributed by atoms with Crippen LogP contribution in [0.1, 0.15) is 23.6 Å². The van der Waals surface area contributed by atoms with Crippen molar-refractivity contribution in [3.8, 4) is 5.75 Å². The van der Waals surface area contributed by atoms with Crippen molar-refractivity contribution in [3.63, 3.8) is 0 Å². The predicted octanol–water partition coefficient (Wildman–Crippen LogP) is 6.49. The SMILES string of the molecule is CC1=CCc2c(OCc3ccccc3)cc(Br)cc2N1Cc1ccccc1. The molecule has 3 aromatic rings. The zero-order chi connectivity index (χ0) is 18.6. The minimum atomic E-state index is 0.575. The van der Waals surface area contributed by atoms with E-state index in [2.05, 4.69) is 88.4 Å². The predicted molar refractivity (Wildman–Crippen MR) is 115 cm³/mol. The van der Waals surface area contributed by atoms with Gasteiger partial charge in [0.15, 0.2) is 0 Å². The zero-order valence-corrected chi connectivity index (χ0v) is 16.9. The van der Waals surface area contributed by atoms with Gasteiger partial charge >= 0.3 is 0 Å². The van der Waals surface area contributed by atoms with Crippen LogP contribution < -0.4 is 9.64 Å². The van der Waals surface area contributed by atoms with Gasteiger partial charge in [-0.15, -0.1) is 0 Å². The van der Waals surface area contributed by atoms with E-state index in [4.69, 9.17) is 4.74 Å². The number of fused-ring (bicyclic) bond motifs is 1. The number of anilines is 1. The summed E-state index contributed by atoms with van der Waals surface area (Å²) in [4.78, 5) is 2.37. The topological polar surface area (TPSA) is 12.5 Å². The van der Waals surface area contributed by atoms with Gasteiger partial charge in [-0.05, 0) is 36.6 Å². The molecule has 3 aromatic carbocycles. The van der Waals surface area contributed by atoms with Crippen LogP contribution in [0.4, 0.5) is 5.69 Å². The number of ether oxygens (including phenoxy) is 1. The van der Waals surface area contributed by atoms with Crippen LogP contribution >= 0.6 is 15.9 Å². The Balaban J connectivity index is 1.64. The molecule has 1 aliphatic rings. The second-order valence-corrected chi connectivity index (χ2v) is 7.71. The van der Waals surface area contributed by atoms with Gasteiger partial charge in [-0.3, -0.25) is 0 Å². The standard InChI is InChI=1S/C24H22BrNO/c1-18-12-13-22-23(26(18)16-19-8-4-2-5-9-19)14-21(25)15-24(22)27-17-20-10-6-3-7-11-20/h2-12,14-15H,13,16-17H2,1H3. The van der Waals surface area contributed by atoms with Crippen molar-refractivity contribution in [1.82, 2.24) is 0 Å². The number of hydrogen-bond donors (Lipinski definition) is 0. The van der Waals surface area contributed by atoms with Crippen molar-refractivity contribution in [3.05, 3.63) is 106 Å². The van der Waals surface area contributed by atoms with Crippen LogP contribution in [-0.2, 0) is 19.6 Å². The fourth-order valence-corrected chi connectivity index (χ4v) is 3.86. The van der Waals surface area contributed by atoms with Gasteiger partial charge in [0, 0.05) is 28.0 Å². The van der Waals surface area contributed by atoms with Crippen LogP contribution in [0.3, 0.4) is 0 Å². The summed E-state index contributed by atoms with van der Waals surface area (Å²) < 4.78 is 7.26. The summed E-state index contributed by atoms with van der Waals surface area (Å²) in [6, 6.07) is 25.2. The van der Waals surface area contributed by atoms with Gasteiger partial charge in [-0.2, -0.15) is 0 Å². The first-order valence-electron chi connectivity index (χ1n) is 9.18. The van der Waals surface area contributed by atoms with Gasteiger partial charge in [0.1, 0.15) is 12.4 Å². The van der Waals surface area contributed by atoms with E-state index in [1.54, 1.807) is 0 Å². The third-order valence-electron chi connectivity index (χ3n) is 4.89. The Labute approximate surface area is 169 Å². The first kappa shape index (κ1) is 17.9. The molecule has 136 valence electrons. The van der Waals surface area contributed by atoms with E-state index < -0.39 is 0 Å². The lowest BCUT2D eigenvalue weighted by Crippen LogP contribution is -2.25. The van der Waals surface area contributed by atoms with Crippen LogP contribution in [-0.4, -0.2) is 0 Å². The van der Waals surface area contributed by atoms with Crippen molar-refractivity contribution < 1.29 is 4.74 Å². The molecule has 0 atom stereocenters.